The molecule has 0 saturated heterocycles. The van der Waals surface area contributed by atoms with Gasteiger partial charge in [-0.25, -0.2) is 19.5 Å². The van der Waals surface area contributed by atoms with Crippen LogP contribution in [-0.2, 0) is 4.79 Å². The van der Waals surface area contributed by atoms with Gasteiger partial charge in [-0.2, -0.15) is 5.10 Å². The predicted octanol–water partition coefficient (Wildman–Crippen LogP) is 4.50. The summed E-state index contributed by atoms with van der Waals surface area (Å²) in [4.78, 5) is 26.6. The number of aryl methyl sites for hydroxylation is 1. The van der Waals surface area contributed by atoms with Gasteiger partial charge in [0.2, 0.25) is 0 Å². The van der Waals surface area contributed by atoms with Gasteiger partial charge < -0.3 is 15.0 Å². The quantitative estimate of drug-likeness (QED) is 0.383. The molecular weight excluding hydrogens is 442 g/mol. The van der Waals surface area contributed by atoms with Crippen molar-refractivity contribution < 1.29 is 9.53 Å². The van der Waals surface area contributed by atoms with E-state index in [1.807, 2.05) is 55.5 Å². The number of amides is 1. The van der Waals surface area contributed by atoms with Crippen molar-refractivity contribution in [3.05, 3.63) is 72.9 Å². The molecule has 3 heterocycles. The Hall–Kier alpha value is -4.97. The molecule has 0 fully saturated rings. The number of aromatic nitrogens is 5. The summed E-state index contributed by atoms with van der Waals surface area (Å²) in [6.07, 6.45) is 4.79. The molecular formula is C26H21N7O2. The molecule has 5 rings (SSSR count). The third-order valence-corrected chi connectivity index (χ3v) is 5.46. The Balaban J connectivity index is 1.41. The summed E-state index contributed by atoms with van der Waals surface area (Å²) in [5, 5.41) is 8.29. The number of carbonyl (C=O) groups is 1. The molecule has 1 N–H and O–H groups in total. The van der Waals surface area contributed by atoms with Crippen LogP contribution in [-0.4, -0.2) is 37.5 Å². The first-order valence-corrected chi connectivity index (χ1v) is 10.8. The topological polar surface area (TPSA) is 97.5 Å². The van der Waals surface area contributed by atoms with Gasteiger partial charge in [-0.3, -0.25) is 4.79 Å². The Labute approximate surface area is 201 Å². The molecule has 2 aromatic carbocycles. The van der Waals surface area contributed by atoms with Crippen molar-refractivity contribution in [3.63, 3.8) is 0 Å². The van der Waals surface area contributed by atoms with E-state index in [-0.39, 0.29) is 5.91 Å². The number of pyridine rings is 1. The SMILES string of the molecule is CC#CC(=O)N(C)c1ccc2ncnc(Nc3ccc(Oc4ccc5ncnn5c4)c(C)c3)c2c1. The number of benzene rings is 2. The maximum Gasteiger partial charge on any atom is 0.302 e. The van der Waals surface area contributed by atoms with E-state index >= 15 is 0 Å². The van der Waals surface area contributed by atoms with Gasteiger partial charge in [0.05, 0.1) is 11.7 Å². The van der Waals surface area contributed by atoms with Crippen LogP contribution in [0.5, 0.6) is 11.5 Å². The number of hydrogen-bond donors (Lipinski definition) is 1. The fourth-order valence-corrected chi connectivity index (χ4v) is 3.62. The van der Waals surface area contributed by atoms with Gasteiger partial charge in [-0.1, -0.05) is 5.92 Å². The summed E-state index contributed by atoms with van der Waals surface area (Å²) in [7, 11) is 1.69. The van der Waals surface area contributed by atoms with Gasteiger partial charge >= 0.3 is 5.91 Å². The number of hydrogen-bond acceptors (Lipinski definition) is 7. The van der Waals surface area contributed by atoms with E-state index in [2.05, 4.69) is 37.2 Å². The summed E-state index contributed by atoms with van der Waals surface area (Å²) in [6, 6.07) is 15.1. The van der Waals surface area contributed by atoms with E-state index in [0.717, 1.165) is 33.6 Å². The Morgan fingerprint density at radius 2 is 1.94 bits per heavy atom. The van der Waals surface area contributed by atoms with Crippen molar-refractivity contribution in [2.24, 2.45) is 0 Å². The van der Waals surface area contributed by atoms with Crippen molar-refractivity contribution in [2.75, 3.05) is 17.3 Å². The molecule has 3 aromatic heterocycles. The van der Waals surface area contributed by atoms with Gasteiger partial charge in [0.15, 0.2) is 5.65 Å². The van der Waals surface area contributed by atoms with Crippen LogP contribution in [0.15, 0.2) is 67.4 Å². The average Bonchev–Trinajstić information content (AvgIpc) is 3.33. The minimum absolute atomic E-state index is 0.285. The first-order valence-electron chi connectivity index (χ1n) is 10.8. The maximum absolute atomic E-state index is 12.2. The highest BCUT2D eigenvalue weighted by Crippen LogP contribution is 2.31. The standard InChI is InChI=1S/C26H21N7O2/c1-4-5-25(34)32(3)19-7-9-22-21(13-19)26(29-15-27-22)31-18-6-10-23(17(2)12-18)35-20-8-11-24-28-16-30-33(24)14-20/h6-16H,1-3H3,(H,27,29,31). The first-order chi connectivity index (χ1) is 17.0. The highest BCUT2D eigenvalue weighted by molar-refractivity contribution is 6.06. The first kappa shape index (κ1) is 21.9. The molecule has 0 aliphatic heterocycles. The molecule has 9 nitrogen and oxygen atoms in total. The van der Waals surface area contributed by atoms with Crippen LogP contribution >= 0.6 is 0 Å². The molecule has 0 saturated carbocycles. The third-order valence-electron chi connectivity index (χ3n) is 5.46. The molecule has 0 bridgehead atoms. The summed E-state index contributed by atoms with van der Waals surface area (Å²) >= 11 is 0. The lowest BCUT2D eigenvalue weighted by molar-refractivity contribution is -0.113. The molecule has 5 aromatic rings. The predicted molar refractivity (Wildman–Crippen MR) is 134 cm³/mol. The Morgan fingerprint density at radius 1 is 1.06 bits per heavy atom. The average molecular weight is 464 g/mol. The van der Waals surface area contributed by atoms with Crippen molar-refractivity contribution >= 4 is 39.6 Å². The van der Waals surface area contributed by atoms with Crippen LogP contribution < -0.4 is 15.0 Å². The maximum atomic E-state index is 12.2. The van der Waals surface area contributed by atoms with Crippen LogP contribution in [0.4, 0.5) is 17.2 Å². The normalized spacial score (nSPS) is 10.6. The van der Waals surface area contributed by atoms with Gasteiger partial charge in [-0.05, 0) is 73.9 Å². The van der Waals surface area contributed by atoms with Crippen LogP contribution in [0.3, 0.4) is 0 Å². The van der Waals surface area contributed by atoms with Gasteiger partial charge in [0.1, 0.15) is 30.0 Å². The van der Waals surface area contributed by atoms with Crippen LogP contribution in [0.1, 0.15) is 12.5 Å². The minimum Gasteiger partial charge on any atom is -0.455 e. The van der Waals surface area contributed by atoms with E-state index < -0.39 is 0 Å². The molecule has 1 amide bonds. The van der Waals surface area contributed by atoms with Crippen molar-refractivity contribution in [1.29, 1.82) is 0 Å². The lowest BCUT2D eigenvalue weighted by Gasteiger charge is -2.16. The van der Waals surface area contributed by atoms with E-state index in [4.69, 9.17) is 4.74 Å². The monoisotopic (exact) mass is 463 g/mol. The smallest absolute Gasteiger partial charge is 0.302 e. The third kappa shape index (κ3) is 4.45. The highest BCUT2D eigenvalue weighted by atomic mass is 16.5. The molecule has 0 unspecified atom stereocenters. The second-order valence-corrected chi connectivity index (χ2v) is 7.80. The van der Waals surface area contributed by atoms with Crippen LogP contribution in [0.25, 0.3) is 16.6 Å². The van der Waals surface area contributed by atoms with Gasteiger partial charge in [-0.15, -0.1) is 0 Å². The summed E-state index contributed by atoms with van der Waals surface area (Å²) in [6.45, 7) is 3.61. The Morgan fingerprint density at radius 3 is 2.77 bits per heavy atom. The molecule has 0 spiro atoms. The lowest BCUT2D eigenvalue weighted by atomic mass is 10.1. The molecule has 0 aliphatic rings. The van der Waals surface area contributed by atoms with Gasteiger partial charge in [0, 0.05) is 23.8 Å². The molecule has 172 valence electrons. The summed E-state index contributed by atoms with van der Waals surface area (Å²) in [5.41, 5.74) is 3.99. The van der Waals surface area contributed by atoms with E-state index in [1.54, 1.807) is 24.7 Å². The minimum atomic E-state index is -0.285. The van der Waals surface area contributed by atoms with Crippen molar-refractivity contribution in [3.8, 4) is 23.3 Å². The van der Waals surface area contributed by atoms with Crippen molar-refractivity contribution in [1.82, 2.24) is 24.6 Å². The number of nitrogens with zero attached hydrogens (tertiary/aromatic N) is 6. The van der Waals surface area contributed by atoms with Gasteiger partial charge in [0.25, 0.3) is 0 Å². The number of nitrogens with one attached hydrogen (secondary N) is 1. The fourth-order valence-electron chi connectivity index (χ4n) is 3.62. The fraction of sp³-hybridized carbons (Fsp3) is 0.115. The van der Waals surface area contributed by atoms with Crippen LogP contribution in [0.2, 0.25) is 0 Å². The van der Waals surface area contributed by atoms with E-state index in [0.29, 0.717) is 17.3 Å². The Kier molecular flexibility index (Phi) is 5.69. The second-order valence-electron chi connectivity index (χ2n) is 7.80. The zero-order valence-electron chi connectivity index (χ0n) is 19.4. The zero-order valence-corrected chi connectivity index (χ0v) is 19.4. The lowest BCUT2D eigenvalue weighted by Crippen LogP contribution is -2.24. The molecule has 0 aliphatic carbocycles. The largest absolute Gasteiger partial charge is 0.455 e. The summed E-state index contributed by atoms with van der Waals surface area (Å²) < 4.78 is 7.72. The van der Waals surface area contributed by atoms with E-state index in [9.17, 15) is 4.79 Å². The number of carbonyl (C=O) groups excluding carboxylic acids is 1. The van der Waals surface area contributed by atoms with Crippen LogP contribution in [0, 0.1) is 18.8 Å². The van der Waals surface area contributed by atoms with E-state index in [1.165, 1.54) is 17.6 Å². The number of fused-ring (bicyclic) bond motifs is 2. The Bertz CT molecular complexity index is 1630. The zero-order chi connectivity index (χ0) is 24.4. The number of rotatable bonds is 5. The molecule has 35 heavy (non-hydrogen) atoms. The summed E-state index contributed by atoms with van der Waals surface area (Å²) in [5.74, 6) is 6.92. The number of anilines is 3. The second kappa shape index (κ2) is 9.11. The highest BCUT2D eigenvalue weighted by Gasteiger charge is 2.12. The van der Waals surface area contributed by atoms with Crippen molar-refractivity contribution in [2.45, 2.75) is 13.8 Å². The molecule has 0 radical (unpaired) electrons. The molecule has 0 atom stereocenters. The number of ether oxygens (including phenoxy) is 1. The molecule has 9 heteroatoms.